The van der Waals surface area contributed by atoms with Crippen molar-refractivity contribution in [1.29, 1.82) is 0 Å². The SMILES string of the molecule is COc1ccc2cc([C@H](C)C(=O)Nc3ccccc3-c3n[nH]c(C(C)C)n3)ccc2c1. The molecule has 4 aromatic rings. The first-order valence-electron chi connectivity index (χ1n) is 10.4. The molecule has 3 aromatic carbocycles. The standard InChI is InChI=1S/C25H26N4O2/c1-15(2)23-27-24(29-28-23)21-7-5-6-8-22(21)26-25(30)16(3)17-9-10-19-14-20(31-4)12-11-18(19)13-17/h5-16H,1-4H3,(H,26,30)(H,27,28,29)/t16-/m0/s1. The Morgan fingerprint density at radius 1 is 1.00 bits per heavy atom. The lowest BCUT2D eigenvalue weighted by molar-refractivity contribution is -0.117. The van der Waals surface area contributed by atoms with E-state index in [4.69, 9.17) is 4.74 Å². The third kappa shape index (κ3) is 4.28. The highest BCUT2D eigenvalue weighted by molar-refractivity contribution is 5.99. The predicted octanol–water partition coefficient (Wildman–Crippen LogP) is 5.50. The van der Waals surface area contributed by atoms with Gasteiger partial charge in [-0.1, -0.05) is 50.2 Å². The Hall–Kier alpha value is -3.67. The molecule has 31 heavy (non-hydrogen) atoms. The molecule has 1 aromatic heterocycles. The van der Waals surface area contributed by atoms with Gasteiger partial charge in [0.1, 0.15) is 11.6 Å². The number of nitrogens with one attached hydrogen (secondary N) is 2. The second kappa shape index (κ2) is 8.60. The van der Waals surface area contributed by atoms with Crippen LogP contribution in [0.5, 0.6) is 5.75 Å². The monoisotopic (exact) mass is 414 g/mol. The molecular formula is C25H26N4O2. The molecule has 1 atom stereocenters. The first-order chi connectivity index (χ1) is 15.0. The molecule has 0 aliphatic carbocycles. The largest absolute Gasteiger partial charge is 0.497 e. The lowest BCUT2D eigenvalue weighted by atomic mass is 9.96. The lowest BCUT2D eigenvalue weighted by Crippen LogP contribution is -2.19. The van der Waals surface area contributed by atoms with Gasteiger partial charge in [0.05, 0.1) is 18.7 Å². The first kappa shape index (κ1) is 20.6. The van der Waals surface area contributed by atoms with Gasteiger partial charge in [0, 0.05) is 11.5 Å². The Bertz CT molecular complexity index is 1230. The van der Waals surface area contributed by atoms with Crippen LogP contribution in [0.25, 0.3) is 22.2 Å². The van der Waals surface area contributed by atoms with Gasteiger partial charge in [-0.2, -0.15) is 5.10 Å². The van der Waals surface area contributed by atoms with Crippen LogP contribution in [0.4, 0.5) is 5.69 Å². The summed E-state index contributed by atoms with van der Waals surface area (Å²) in [4.78, 5) is 17.6. The molecule has 0 aliphatic heterocycles. The fourth-order valence-corrected chi connectivity index (χ4v) is 3.47. The molecule has 0 bridgehead atoms. The molecule has 2 N–H and O–H groups in total. The second-order valence-corrected chi connectivity index (χ2v) is 7.93. The number of benzene rings is 3. The van der Waals surface area contributed by atoms with Crippen molar-refractivity contribution >= 4 is 22.4 Å². The van der Waals surface area contributed by atoms with E-state index in [0.29, 0.717) is 11.5 Å². The van der Waals surface area contributed by atoms with Crippen LogP contribution in [-0.4, -0.2) is 28.2 Å². The molecule has 0 unspecified atom stereocenters. The highest BCUT2D eigenvalue weighted by Crippen LogP contribution is 2.29. The van der Waals surface area contributed by atoms with Crippen LogP contribution in [0.1, 0.15) is 44.0 Å². The highest BCUT2D eigenvalue weighted by Gasteiger charge is 2.19. The Morgan fingerprint density at radius 2 is 1.74 bits per heavy atom. The molecule has 6 nitrogen and oxygen atoms in total. The van der Waals surface area contributed by atoms with Gasteiger partial charge in [0.25, 0.3) is 0 Å². The first-order valence-corrected chi connectivity index (χ1v) is 10.4. The maximum Gasteiger partial charge on any atom is 0.231 e. The van der Waals surface area contributed by atoms with Gasteiger partial charge in [0.2, 0.25) is 5.91 Å². The summed E-state index contributed by atoms with van der Waals surface area (Å²) in [5.41, 5.74) is 2.43. The second-order valence-electron chi connectivity index (χ2n) is 7.93. The topological polar surface area (TPSA) is 79.9 Å². The minimum Gasteiger partial charge on any atom is -0.497 e. The van der Waals surface area contributed by atoms with Gasteiger partial charge < -0.3 is 10.1 Å². The molecule has 1 heterocycles. The fourth-order valence-electron chi connectivity index (χ4n) is 3.47. The normalized spacial score (nSPS) is 12.2. The summed E-state index contributed by atoms with van der Waals surface area (Å²) in [5.74, 6) is 2.05. The number of rotatable bonds is 6. The van der Waals surface area contributed by atoms with Crippen molar-refractivity contribution < 1.29 is 9.53 Å². The number of carbonyl (C=O) groups excluding carboxylic acids is 1. The molecule has 0 saturated heterocycles. The van der Waals surface area contributed by atoms with E-state index < -0.39 is 0 Å². The summed E-state index contributed by atoms with van der Waals surface area (Å²) in [7, 11) is 1.65. The summed E-state index contributed by atoms with van der Waals surface area (Å²) in [6, 6.07) is 19.6. The van der Waals surface area contributed by atoms with Crippen molar-refractivity contribution in [2.75, 3.05) is 12.4 Å². The highest BCUT2D eigenvalue weighted by atomic mass is 16.5. The number of carbonyl (C=O) groups is 1. The Morgan fingerprint density at radius 3 is 2.48 bits per heavy atom. The predicted molar refractivity (Wildman–Crippen MR) is 123 cm³/mol. The van der Waals surface area contributed by atoms with Gasteiger partial charge in [0.15, 0.2) is 5.82 Å². The van der Waals surface area contributed by atoms with Crippen LogP contribution in [0.3, 0.4) is 0 Å². The van der Waals surface area contributed by atoms with Crippen LogP contribution in [-0.2, 0) is 4.79 Å². The molecule has 6 heteroatoms. The number of H-pyrrole nitrogens is 1. The average molecular weight is 415 g/mol. The number of ether oxygens (including phenoxy) is 1. The molecule has 0 fully saturated rings. The molecule has 0 aliphatic rings. The summed E-state index contributed by atoms with van der Waals surface area (Å²) in [6.45, 7) is 6.02. The van der Waals surface area contributed by atoms with Crippen LogP contribution < -0.4 is 10.1 Å². The quantitative estimate of drug-likeness (QED) is 0.437. The zero-order valence-electron chi connectivity index (χ0n) is 18.1. The van der Waals surface area contributed by atoms with E-state index in [2.05, 4.69) is 40.4 Å². The fraction of sp³-hybridized carbons (Fsp3) is 0.240. The molecule has 0 spiro atoms. The molecule has 4 rings (SSSR count). The number of aromatic nitrogens is 3. The van der Waals surface area contributed by atoms with Crippen molar-refractivity contribution in [3.05, 3.63) is 72.1 Å². The van der Waals surface area contributed by atoms with Gasteiger partial charge in [-0.15, -0.1) is 0 Å². The number of methoxy groups -OCH3 is 1. The summed E-state index contributed by atoms with van der Waals surface area (Å²) >= 11 is 0. The number of fused-ring (bicyclic) bond motifs is 1. The van der Waals surface area contributed by atoms with Crippen LogP contribution >= 0.6 is 0 Å². The number of hydrogen-bond donors (Lipinski definition) is 2. The van der Waals surface area contributed by atoms with Crippen molar-refractivity contribution in [2.24, 2.45) is 0 Å². The molecular weight excluding hydrogens is 388 g/mol. The molecule has 0 saturated carbocycles. The van der Waals surface area contributed by atoms with Gasteiger partial charge in [-0.05, 0) is 47.5 Å². The number of aromatic amines is 1. The van der Waals surface area contributed by atoms with Crippen molar-refractivity contribution in [2.45, 2.75) is 32.6 Å². The van der Waals surface area contributed by atoms with E-state index in [9.17, 15) is 4.79 Å². The van der Waals surface area contributed by atoms with Crippen LogP contribution in [0, 0.1) is 0 Å². The molecule has 158 valence electrons. The number of anilines is 1. The van der Waals surface area contributed by atoms with Crippen molar-refractivity contribution in [3.63, 3.8) is 0 Å². The number of amides is 1. The minimum atomic E-state index is -0.321. The average Bonchev–Trinajstić information content (AvgIpc) is 3.28. The van der Waals surface area contributed by atoms with E-state index in [0.717, 1.165) is 33.5 Å². The van der Waals surface area contributed by atoms with E-state index in [-0.39, 0.29) is 17.7 Å². The third-order valence-electron chi connectivity index (χ3n) is 5.44. The Labute approximate surface area is 181 Å². The van der Waals surface area contributed by atoms with E-state index >= 15 is 0 Å². The van der Waals surface area contributed by atoms with E-state index in [1.165, 1.54) is 0 Å². The molecule has 0 radical (unpaired) electrons. The Balaban J connectivity index is 1.57. The van der Waals surface area contributed by atoms with Gasteiger partial charge in [-0.25, -0.2) is 4.98 Å². The minimum absolute atomic E-state index is 0.0834. The van der Waals surface area contributed by atoms with Crippen LogP contribution in [0.2, 0.25) is 0 Å². The van der Waals surface area contributed by atoms with Gasteiger partial charge >= 0.3 is 0 Å². The maximum absolute atomic E-state index is 13.1. The number of nitrogens with zero attached hydrogens (tertiary/aromatic N) is 2. The van der Waals surface area contributed by atoms with Crippen LogP contribution in [0.15, 0.2) is 60.7 Å². The van der Waals surface area contributed by atoms with E-state index in [1.807, 2.05) is 61.5 Å². The third-order valence-corrected chi connectivity index (χ3v) is 5.44. The Kier molecular flexibility index (Phi) is 5.71. The zero-order valence-corrected chi connectivity index (χ0v) is 18.1. The summed E-state index contributed by atoms with van der Waals surface area (Å²) in [5, 5.41) is 12.5. The number of hydrogen-bond acceptors (Lipinski definition) is 4. The summed E-state index contributed by atoms with van der Waals surface area (Å²) < 4.78 is 5.29. The van der Waals surface area contributed by atoms with Crippen molar-refractivity contribution in [3.8, 4) is 17.1 Å². The maximum atomic E-state index is 13.1. The summed E-state index contributed by atoms with van der Waals surface area (Å²) in [6.07, 6.45) is 0. The number of para-hydroxylation sites is 1. The van der Waals surface area contributed by atoms with Gasteiger partial charge in [-0.3, -0.25) is 9.89 Å². The van der Waals surface area contributed by atoms with E-state index in [1.54, 1.807) is 7.11 Å². The van der Waals surface area contributed by atoms with Crippen molar-refractivity contribution in [1.82, 2.24) is 15.2 Å². The smallest absolute Gasteiger partial charge is 0.231 e. The zero-order chi connectivity index (χ0) is 22.0. The lowest BCUT2D eigenvalue weighted by Gasteiger charge is -2.15. The molecule has 1 amide bonds.